The van der Waals surface area contributed by atoms with Crippen LogP contribution in [-0.4, -0.2) is 31.6 Å². The van der Waals surface area contributed by atoms with Crippen molar-refractivity contribution in [2.45, 2.75) is 83.7 Å². The van der Waals surface area contributed by atoms with Crippen LogP contribution in [0.4, 0.5) is 0 Å². The van der Waals surface area contributed by atoms with Crippen LogP contribution in [0.3, 0.4) is 0 Å². The molecule has 0 unspecified atom stereocenters. The minimum atomic E-state index is 0.0948. The van der Waals surface area contributed by atoms with Crippen LogP contribution in [0.2, 0.25) is 0 Å². The summed E-state index contributed by atoms with van der Waals surface area (Å²) in [6.07, 6.45) is 11.7. The van der Waals surface area contributed by atoms with Gasteiger partial charge in [0.1, 0.15) is 5.82 Å². The first-order chi connectivity index (χ1) is 12.5. The first-order valence-corrected chi connectivity index (χ1v) is 10.1. The molecular weight excluding hydrogens is 322 g/mol. The molecule has 5 nitrogen and oxygen atoms in total. The van der Waals surface area contributed by atoms with Crippen molar-refractivity contribution in [1.29, 1.82) is 0 Å². The van der Waals surface area contributed by atoms with E-state index >= 15 is 0 Å². The molecule has 0 atom stereocenters. The van der Waals surface area contributed by atoms with Crippen LogP contribution in [0.15, 0.2) is 12.4 Å². The van der Waals surface area contributed by atoms with Crippen LogP contribution >= 0.6 is 0 Å². The highest BCUT2D eigenvalue weighted by Gasteiger charge is 2.25. The second-order valence-corrected chi connectivity index (χ2v) is 9.02. The van der Waals surface area contributed by atoms with Crippen molar-refractivity contribution in [3.05, 3.63) is 40.7 Å². The molecule has 3 heterocycles. The van der Waals surface area contributed by atoms with E-state index in [0.29, 0.717) is 5.92 Å². The van der Waals surface area contributed by atoms with E-state index in [0.717, 1.165) is 31.9 Å². The number of fused-ring (bicyclic) bond motifs is 1. The van der Waals surface area contributed by atoms with Gasteiger partial charge in [-0.15, -0.1) is 0 Å². The second kappa shape index (κ2) is 7.10. The molecule has 0 amide bonds. The maximum absolute atomic E-state index is 4.97. The summed E-state index contributed by atoms with van der Waals surface area (Å²) in [6.45, 7) is 9.63. The maximum atomic E-state index is 4.97. The third-order valence-corrected chi connectivity index (χ3v) is 5.86. The minimum absolute atomic E-state index is 0.0948. The summed E-state index contributed by atoms with van der Waals surface area (Å²) < 4.78 is 0. The second-order valence-electron chi connectivity index (χ2n) is 9.02. The minimum Gasteiger partial charge on any atom is -0.294 e. The molecule has 5 heteroatoms. The van der Waals surface area contributed by atoms with E-state index < -0.39 is 0 Å². The van der Waals surface area contributed by atoms with E-state index in [1.165, 1.54) is 54.6 Å². The Kier molecular flexibility index (Phi) is 4.82. The molecule has 26 heavy (non-hydrogen) atoms. The number of aromatic nitrogens is 4. The number of nitrogens with one attached hydrogen (secondary N) is 1. The van der Waals surface area contributed by atoms with Gasteiger partial charge in [-0.3, -0.25) is 10.00 Å². The third-order valence-electron chi connectivity index (χ3n) is 5.86. The average Bonchev–Trinajstić information content (AvgIpc) is 3.10. The van der Waals surface area contributed by atoms with Crippen LogP contribution in [0.25, 0.3) is 0 Å². The summed E-state index contributed by atoms with van der Waals surface area (Å²) >= 11 is 0. The molecule has 140 valence electrons. The molecule has 1 fully saturated rings. The number of hydrogen-bond acceptors (Lipinski definition) is 4. The van der Waals surface area contributed by atoms with Gasteiger partial charge in [0.15, 0.2) is 0 Å². The van der Waals surface area contributed by atoms with Crippen molar-refractivity contribution in [3.63, 3.8) is 0 Å². The Balaban J connectivity index is 1.46. The normalized spacial score (nSPS) is 19.5. The molecule has 0 radical (unpaired) electrons. The highest BCUT2D eigenvalue weighted by molar-refractivity contribution is 5.25. The molecule has 4 rings (SSSR count). The molecule has 0 bridgehead atoms. The van der Waals surface area contributed by atoms with Crippen molar-refractivity contribution in [3.8, 4) is 0 Å². The number of rotatable bonds is 3. The number of nitrogens with zero attached hydrogens (tertiary/aromatic N) is 4. The summed E-state index contributed by atoms with van der Waals surface area (Å²) in [5, 5.41) is 7.48. The lowest BCUT2D eigenvalue weighted by Gasteiger charge is -2.29. The standard InChI is InChI=1S/C21H31N5/c1-21(2,3)19-17(12-23-25-19)14-26-10-9-18-16(13-26)11-22-20(24-18)15-7-5-4-6-8-15/h11-12,15H,4-10,13-14H2,1-3H3,(H,23,25). The van der Waals surface area contributed by atoms with Gasteiger partial charge in [-0.2, -0.15) is 5.10 Å². The first-order valence-electron chi connectivity index (χ1n) is 10.1. The highest BCUT2D eigenvalue weighted by Crippen LogP contribution is 2.32. The quantitative estimate of drug-likeness (QED) is 0.902. The van der Waals surface area contributed by atoms with Crippen molar-refractivity contribution < 1.29 is 0 Å². The van der Waals surface area contributed by atoms with Crippen molar-refractivity contribution >= 4 is 0 Å². The molecule has 1 aliphatic heterocycles. The first kappa shape index (κ1) is 17.7. The summed E-state index contributed by atoms with van der Waals surface area (Å²) in [5.74, 6) is 1.69. The summed E-state index contributed by atoms with van der Waals surface area (Å²) in [6, 6.07) is 0. The average molecular weight is 354 g/mol. The van der Waals surface area contributed by atoms with Gasteiger partial charge in [-0.25, -0.2) is 9.97 Å². The topological polar surface area (TPSA) is 57.7 Å². The van der Waals surface area contributed by atoms with E-state index in [9.17, 15) is 0 Å². The smallest absolute Gasteiger partial charge is 0.131 e. The van der Waals surface area contributed by atoms with Gasteiger partial charge in [0.05, 0.1) is 6.20 Å². The molecule has 0 spiro atoms. The highest BCUT2D eigenvalue weighted by atomic mass is 15.2. The Morgan fingerprint density at radius 1 is 1.15 bits per heavy atom. The monoisotopic (exact) mass is 353 g/mol. The van der Waals surface area contributed by atoms with E-state index in [-0.39, 0.29) is 5.41 Å². The lowest BCUT2D eigenvalue weighted by Crippen LogP contribution is -2.32. The van der Waals surface area contributed by atoms with Crippen molar-refractivity contribution in [2.75, 3.05) is 6.54 Å². The summed E-state index contributed by atoms with van der Waals surface area (Å²) in [5.41, 5.74) is 5.22. The fourth-order valence-electron chi connectivity index (χ4n) is 4.40. The van der Waals surface area contributed by atoms with Gasteiger partial charge < -0.3 is 0 Å². The van der Waals surface area contributed by atoms with Crippen LogP contribution in [-0.2, 0) is 24.9 Å². The van der Waals surface area contributed by atoms with E-state index in [1.807, 2.05) is 6.20 Å². The Hall–Kier alpha value is -1.75. The number of H-pyrrole nitrogens is 1. The fraction of sp³-hybridized carbons (Fsp3) is 0.667. The van der Waals surface area contributed by atoms with Crippen LogP contribution in [0.5, 0.6) is 0 Å². The molecule has 1 saturated carbocycles. The summed E-state index contributed by atoms with van der Waals surface area (Å²) in [4.78, 5) is 12.2. The largest absolute Gasteiger partial charge is 0.294 e. The van der Waals surface area contributed by atoms with Crippen LogP contribution < -0.4 is 0 Å². The SMILES string of the molecule is CC(C)(C)c1[nH]ncc1CN1CCc2nc(C3CCCCC3)ncc2C1. The molecule has 2 aromatic rings. The molecule has 2 aliphatic rings. The number of hydrogen-bond donors (Lipinski definition) is 1. The zero-order valence-electron chi connectivity index (χ0n) is 16.4. The van der Waals surface area contributed by atoms with E-state index in [1.54, 1.807) is 0 Å². The lowest BCUT2D eigenvalue weighted by atomic mass is 9.88. The lowest BCUT2D eigenvalue weighted by molar-refractivity contribution is 0.240. The predicted molar refractivity (Wildman–Crippen MR) is 103 cm³/mol. The Bertz CT molecular complexity index is 752. The van der Waals surface area contributed by atoms with Crippen molar-refractivity contribution in [2.24, 2.45) is 0 Å². The Morgan fingerprint density at radius 3 is 2.73 bits per heavy atom. The molecule has 1 aliphatic carbocycles. The molecular formula is C21H31N5. The third kappa shape index (κ3) is 3.68. The molecule has 0 aromatic carbocycles. The van der Waals surface area contributed by atoms with Crippen LogP contribution in [0.1, 0.15) is 87.1 Å². The van der Waals surface area contributed by atoms with Gasteiger partial charge in [0, 0.05) is 66.1 Å². The summed E-state index contributed by atoms with van der Waals surface area (Å²) in [7, 11) is 0. The number of aromatic amines is 1. The van der Waals surface area contributed by atoms with Gasteiger partial charge >= 0.3 is 0 Å². The van der Waals surface area contributed by atoms with Crippen molar-refractivity contribution in [1.82, 2.24) is 25.1 Å². The molecule has 2 aromatic heterocycles. The Morgan fingerprint density at radius 2 is 1.96 bits per heavy atom. The zero-order chi connectivity index (χ0) is 18.1. The van der Waals surface area contributed by atoms with Gasteiger partial charge in [-0.05, 0) is 12.8 Å². The van der Waals surface area contributed by atoms with Gasteiger partial charge in [0.2, 0.25) is 0 Å². The van der Waals surface area contributed by atoms with Gasteiger partial charge in [0.25, 0.3) is 0 Å². The maximum Gasteiger partial charge on any atom is 0.131 e. The van der Waals surface area contributed by atoms with Gasteiger partial charge in [-0.1, -0.05) is 40.0 Å². The van der Waals surface area contributed by atoms with E-state index in [4.69, 9.17) is 9.97 Å². The zero-order valence-corrected chi connectivity index (χ0v) is 16.4. The molecule has 1 N–H and O–H groups in total. The Labute approximate surface area is 156 Å². The van der Waals surface area contributed by atoms with Crippen LogP contribution in [0, 0.1) is 0 Å². The fourth-order valence-corrected chi connectivity index (χ4v) is 4.40. The van der Waals surface area contributed by atoms with E-state index in [2.05, 4.69) is 42.1 Å². The molecule has 0 saturated heterocycles. The predicted octanol–water partition coefficient (Wildman–Crippen LogP) is 4.10.